The summed E-state index contributed by atoms with van der Waals surface area (Å²) in [6.45, 7) is 2.01. The molecule has 0 radical (unpaired) electrons. The Morgan fingerprint density at radius 3 is 2.11 bits per heavy atom. The SMILES string of the molecule is Cc1ccc(N=S(C)(=O)c2ccc(Cl)cc2)cc1. The molecule has 1 atom stereocenters. The second kappa shape index (κ2) is 5.12. The van der Waals surface area contributed by atoms with Gasteiger partial charge >= 0.3 is 0 Å². The molecular formula is C14H14ClNOS. The van der Waals surface area contributed by atoms with Crippen LogP contribution in [0.25, 0.3) is 0 Å². The Labute approximate surface area is 113 Å². The molecule has 0 aromatic heterocycles. The third-order valence-electron chi connectivity index (χ3n) is 2.56. The van der Waals surface area contributed by atoms with E-state index in [-0.39, 0.29) is 0 Å². The number of hydrogen-bond donors (Lipinski definition) is 0. The number of halogens is 1. The summed E-state index contributed by atoms with van der Waals surface area (Å²) in [4.78, 5) is 0.687. The van der Waals surface area contributed by atoms with Gasteiger partial charge < -0.3 is 0 Å². The van der Waals surface area contributed by atoms with E-state index in [0.29, 0.717) is 9.92 Å². The highest BCUT2D eigenvalue weighted by atomic mass is 35.5. The Bertz CT molecular complexity index is 653. The summed E-state index contributed by atoms with van der Waals surface area (Å²) in [5, 5.41) is 0.629. The molecule has 0 spiro atoms. The molecule has 0 N–H and O–H groups in total. The van der Waals surface area contributed by atoms with E-state index in [1.807, 2.05) is 31.2 Å². The molecule has 94 valence electrons. The quantitative estimate of drug-likeness (QED) is 0.799. The largest absolute Gasteiger partial charge is 0.245 e. The molecule has 2 nitrogen and oxygen atoms in total. The van der Waals surface area contributed by atoms with Gasteiger partial charge in [0.25, 0.3) is 0 Å². The van der Waals surface area contributed by atoms with Gasteiger partial charge in [-0.3, -0.25) is 0 Å². The molecule has 0 saturated heterocycles. The van der Waals surface area contributed by atoms with Crippen LogP contribution in [-0.4, -0.2) is 10.5 Å². The molecule has 4 heteroatoms. The summed E-state index contributed by atoms with van der Waals surface area (Å²) in [5.41, 5.74) is 1.88. The maximum atomic E-state index is 12.5. The van der Waals surface area contributed by atoms with Crippen molar-refractivity contribution in [2.75, 3.05) is 6.26 Å². The van der Waals surface area contributed by atoms with Crippen molar-refractivity contribution in [3.05, 3.63) is 59.1 Å². The summed E-state index contributed by atoms with van der Waals surface area (Å²) in [7, 11) is -2.43. The Kier molecular flexibility index (Phi) is 3.73. The molecule has 2 aromatic rings. The fourth-order valence-electron chi connectivity index (χ4n) is 1.55. The average molecular weight is 280 g/mol. The van der Waals surface area contributed by atoms with Gasteiger partial charge in [-0.05, 0) is 43.3 Å². The van der Waals surface area contributed by atoms with Gasteiger partial charge in [-0.25, -0.2) is 4.21 Å². The molecule has 1 unspecified atom stereocenters. The molecule has 0 amide bonds. The van der Waals surface area contributed by atoms with Crippen molar-refractivity contribution >= 4 is 27.0 Å². The number of nitrogens with zero attached hydrogens (tertiary/aromatic N) is 1. The summed E-state index contributed by atoms with van der Waals surface area (Å²) >= 11 is 5.82. The molecule has 0 heterocycles. The molecule has 2 rings (SSSR count). The topological polar surface area (TPSA) is 29.4 Å². The minimum Gasteiger partial charge on any atom is -0.245 e. The average Bonchev–Trinajstić information content (AvgIpc) is 2.32. The molecule has 0 bridgehead atoms. The normalized spacial score (nSPS) is 13.9. The van der Waals surface area contributed by atoms with Crippen molar-refractivity contribution in [2.24, 2.45) is 4.36 Å². The van der Waals surface area contributed by atoms with Crippen molar-refractivity contribution in [3.63, 3.8) is 0 Å². The fraction of sp³-hybridized carbons (Fsp3) is 0.143. The van der Waals surface area contributed by atoms with Gasteiger partial charge in [0.05, 0.1) is 15.4 Å². The van der Waals surface area contributed by atoms with Crippen molar-refractivity contribution in [1.82, 2.24) is 0 Å². The first kappa shape index (κ1) is 13.1. The van der Waals surface area contributed by atoms with E-state index in [1.165, 1.54) is 0 Å². The molecule has 0 aliphatic carbocycles. The van der Waals surface area contributed by atoms with E-state index in [2.05, 4.69) is 4.36 Å². The van der Waals surface area contributed by atoms with Gasteiger partial charge in [-0.15, -0.1) is 0 Å². The Hall–Kier alpha value is -1.32. The zero-order valence-corrected chi connectivity index (χ0v) is 11.8. The predicted molar refractivity (Wildman–Crippen MR) is 77.1 cm³/mol. The maximum Gasteiger partial charge on any atom is 0.0771 e. The number of hydrogen-bond acceptors (Lipinski definition) is 2. The van der Waals surface area contributed by atoms with E-state index in [9.17, 15) is 4.21 Å². The minimum atomic E-state index is -2.43. The summed E-state index contributed by atoms with van der Waals surface area (Å²) < 4.78 is 16.9. The fourth-order valence-corrected chi connectivity index (χ4v) is 2.94. The first-order valence-corrected chi connectivity index (χ1v) is 7.82. The summed E-state index contributed by atoms with van der Waals surface area (Å²) in [6, 6.07) is 14.6. The van der Waals surface area contributed by atoms with Crippen LogP contribution in [0.15, 0.2) is 57.8 Å². The first-order valence-electron chi connectivity index (χ1n) is 5.52. The first-order chi connectivity index (χ1) is 8.47. The van der Waals surface area contributed by atoms with Crippen LogP contribution in [0.1, 0.15) is 5.56 Å². The molecular weight excluding hydrogens is 266 g/mol. The smallest absolute Gasteiger partial charge is 0.0771 e. The zero-order chi connectivity index (χ0) is 13.2. The van der Waals surface area contributed by atoms with E-state index in [0.717, 1.165) is 11.3 Å². The second-order valence-electron chi connectivity index (χ2n) is 4.18. The van der Waals surface area contributed by atoms with Crippen LogP contribution in [-0.2, 0) is 9.73 Å². The van der Waals surface area contributed by atoms with Gasteiger partial charge in [0, 0.05) is 16.2 Å². The Balaban J connectivity index is 2.44. The van der Waals surface area contributed by atoms with Gasteiger partial charge in [0.1, 0.15) is 0 Å². The molecule has 2 aromatic carbocycles. The van der Waals surface area contributed by atoms with Crippen molar-refractivity contribution < 1.29 is 4.21 Å². The zero-order valence-electron chi connectivity index (χ0n) is 10.3. The molecule has 18 heavy (non-hydrogen) atoms. The van der Waals surface area contributed by atoms with Crippen LogP contribution in [0, 0.1) is 6.92 Å². The highest BCUT2D eigenvalue weighted by molar-refractivity contribution is 7.93. The second-order valence-corrected chi connectivity index (χ2v) is 6.88. The highest BCUT2D eigenvalue weighted by Gasteiger charge is 2.05. The maximum absolute atomic E-state index is 12.5. The monoisotopic (exact) mass is 279 g/mol. The highest BCUT2D eigenvalue weighted by Crippen LogP contribution is 2.21. The molecule has 0 aliphatic heterocycles. The molecule has 0 fully saturated rings. The van der Waals surface area contributed by atoms with Crippen molar-refractivity contribution in [1.29, 1.82) is 0 Å². The standard InChI is InChI=1S/C14H14ClNOS/c1-11-3-7-13(8-4-11)16-18(2,17)14-9-5-12(15)6-10-14/h3-10H,1-2H3. The lowest BCUT2D eigenvalue weighted by Crippen LogP contribution is -1.96. The van der Waals surface area contributed by atoms with Crippen LogP contribution in [0.3, 0.4) is 0 Å². The Morgan fingerprint density at radius 1 is 1.00 bits per heavy atom. The van der Waals surface area contributed by atoms with E-state index in [1.54, 1.807) is 30.5 Å². The number of aryl methyl sites for hydroxylation is 1. The van der Waals surface area contributed by atoms with E-state index < -0.39 is 9.73 Å². The van der Waals surface area contributed by atoms with Gasteiger partial charge in [-0.1, -0.05) is 29.3 Å². The lowest BCUT2D eigenvalue weighted by molar-refractivity contribution is 0.681. The third-order valence-corrected chi connectivity index (χ3v) is 4.52. The summed E-state index contributed by atoms with van der Waals surface area (Å²) in [6.07, 6.45) is 1.64. The lowest BCUT2D eigenvalue weighted by Gasteiger charge is -2.05. The number of rotatable bonds is 2. The van der Waals surface area contributed by atoms with E-state index >= 15 is 0 Å². The molecule has 0 saturated carbocycles. The van der Waals surface area contributed by atoms with Crippen molar-refractivity contribution in [3.8, 4) is 0 Å². The minimum absolute atomic E-state index is 0.629. The van der Waals surface area contributed by atoms with Gasteiger partial charge in [0.2, 0.25) is 0 Å². The summed E-state index contributed by atoms with van der Waals surface area (Å²) in [5.74, 6) is 0. The van der Waals surface area contributed by atoms with Crippen LogP contribution >= 0.6 is 11.6 Å². The molecule has 0 aliphatic rings. The third kappa shape index (κ3) is 3.12. The Morgan fingerprint density at radius 2 is 1.56 bits per heavy atom. The van der Waals surface area contributed by atoms with Crippen LogP contribution in [0.2, 0.25) is 5.02 Å². The number of benzene rings is 2. The van der Waals surface area contributed by atoms with Crippen LogP contribution in [0.5, 0.6) is 0 Å². The van der Waals surface area contributed by atoms with Crippen LogP contribution < -0.4 is 0 Å². The van der Waals surface area contributed by atoms with E-state index in [4.69, 9.17) is 11.6 Å². The van der Waals surface area contributed by atoms with Crippen LogP contribution in [0.4, 0.5) is 5.69 Å². The van der Waals surface area contributed by atoms with Crippen molar-refractivity contribution in [2.45, 2.75) is 11.8 Å². The van der Waals surface area contributed by atoms with Gasteiger partial charge in [0.15, 0.2) is 0 Å². The predicted octanol–water partition coefficient (Wildman–Crippen LogP) is 4.44. The lowest BCUT2D eigenvalue weighted by atomic mass is 10.2. The van der Waals surface area contributed by atoms with Gasteiger partial charge in [-0.2, -0.15) is 4.36 Å².